The zero-order chi connectivity index (χ0) is 22.0. The topological polar surface area (TPSA) is 73.2 Å². The van der Waals surface area contributed by atoms with Crippen molar-refractivity contribution < 1.29 is 9.53 Å². The van der Waals surface area contributed by atoms with E-state index in [0.717, 1.165) is 11.1 Å². The molecule has 0 fully saturated rings. The molecule has 1 amide bonds. The van der Waals surface area contributed by atoms with Crippen LogP contribution >= 0.6 is 11.8 Å². The van der Waals surface area contributed by atoms with Crippen molar-refractivity contribution >= 4 is 23.5 Å². The number of aromatic nitrogens is 2. The number of hydrogen-bond donors (Lipinski definition) is 1. The highest BCUT2D eigenvalue weighted by Gasteiger charge is 2.33. The molecule has 0 bridgehead atoms. The number of ether oxygens (including phenoxy) is 1. The number of carbonyl (C=O) groups is 1. The highest BCUT2D eigenvalue weighted by molar-refractivity contribution is 7.98. The molecule has 6 nitrogen and oxygen atoms in total. The quantitative estimate of drug-likeness (QED) is 0.463. The Balaban J connectivity index is 1.73. The summed E-state index contributed by atoms with van der Waals surface area (Å²) < 4.78 is 7.58. The first-order valence-electron chi connectivity index (χ1n) is 10.3. The Labute approximate surface area is 185 Å². The molecule has 1 aliphatic heterocycles. The van der Waals surface area contributed by atoms with E-state index in [2.05, 4.69) is 35.4 Å². The number of nitrogens with one attached hydrogen (secondary N) is 1. The maximum Gasteiger partial charge on any atom is 0.279 e. The van der Waals surface area contributed by atoms with Crippen molar-refractivity contribution in [2.24, 2.45) is 7.05 Å². The van der Waals surface area contributed by atoms with Gasteiger partial charge in [-0.1, -0.05) is 59.8 Å². The van der Waals surface area contributed by atoms with Crippen LogP contribution in [-0.2, 0) is 17.6 Å². The molecule has 7 heteroatoms. The molecule has 0 radical (unpaired) electrons. The molecule has 0 saturated heterocycles. The number of hydrogen-bond acceptors (Lipinski definition) is 5. The van der Waals surface area contributed by atoms with Gasteiger partial charge in [0.15, 0.2) is 5.16 Å². The number of fused-ring (bicyclic) bond motifs is 1. The summed E-state index contributed by atoms with van der Waals surface area (Å²) in [5.41, 5.74) is 3.38. The second kappa shape index (κ2) is 8.98. The number of aryl methyl sites for hydroxylation is 1. The molecule has 2 heterocycles. The van der Waals surface area contributed by atoms with E-state index in [-0.39, 0.29) is 17.9 Å². The summed E-state index contributed by atoms with van der Waals surface area (Å²) in [6.45, 7) is 4.47. The first-order chi connectivity index (χ1) is 15.0. The first kappa shape index (κ1) is 21.2. The summed E-state index contributed by atoms with van der Waals surface area (Å²) in [7, 11) is 1.83. The monoisotopic (exact) mass is 435 g/mol. The number of carbonyl (C=O) groups excluding carboxylic acids is 1. The summed E-state index contributed by atoms with van der Waals surface area (Å²) in [5.74, 6) is 1.37. The predicted molar refractivity (Wildman–Crippen MR) is 123 cm³/mol. The largest absolute Gasteiger partial charge is 0.494 e. The van der Waals surface area contributed by atoms with Crippen LogP contribution in [0, 0.1) is 6.92 Å². The second-order valence-corrected chi connectivity index (χ2v) is 8.52. The molecule has 1 N–H and O–H groups in total. The van der Waals surface area contributed by atoms with Gasteiger partial charge in [-0.2, -0.15) is 4.98 Å². The molecule has 1 aliphatic rings. The molecular weight excluding hydrogens is 410 g/mol. The summed E-state index contributed by atoms with van der Waals surface area (Å²) in [6, 6.07) is 15.8. The van der Waals surface area contributed by atoms with Crippen LogP contribution in [0.2, 0.25) is 0 Å². The maximum absolute atomic E-state index is 13.1. The zero-order valence-electron chi connectivity index (χ0n) is 17.8. The molecule has 1 atom stereocenters. The van der Waals surface area contributed by atoms with Crippen LogP contribution in [0.1, 0.15) is 41.5 Å². The molecule has 1 aromatic heterocycles. The van der Waals surface area contributed by atoms with Crippen LogP contribution in [0.15, 0.2) is 58.5 Å². The van der Waals surface area contributed by atoms with Crippen molar-refractivity contribution in [3.05, 3.63) is 81.1 Å². The number of para-hydroxylation sites is 1. The minimum Gasteiger partial charge on any atom is -0.494 e. The third kappa shape index (κ3) is 4.37. The van der Waals surface area contributed by atoms with Gasteiger partial charge in [-0.3, -0.25) is 9.59 Å². The molecule has 0 saturated carbocycles. The number of rotatable bonds is 6. The van der Waals surface area contributed by atoms with Crippen LogP contribution in [0.4, 0.5) is 5.82 Å². The normalized spacial score (nSPS) is 15.3. The van der Waals surface area contributed by atoms with Crippen molar-refractivity contribution in [2.45, 2.75) is 37.1 Å². The lowest BCUT2D eigenvalue weighted by molar-refractivity contribution is -0.116. The van der Waals surface area contributed by atoms with Gasteiger partial charge in [0.2, 0.25) is 5.91 Å². The third-order valence-corrected chi connectivity index (χ3v) is 6.45. The van der Waals surface area contributed by atoms with E-state index >= 15 is 0 Å². The number of nitrogens with zero attached hydrogens (tertiary/aromatic N) is 2. The highest BCUT2D eigenvalue weighted by Crippen LogP contribution is 2.39. The van der Waals surface area contributed by atoms with E-state index < -0.39 is 5.92 Å². The van der Waals surface area contributed by atoms with Gasteiger partial charge in [0.1, 0.15) is 11.6 Å². The summed E-state index contributed by atoms with van der Waals surface area (Å²) in [6.07, 6.45) is 0.184. The van der Waals surface area contributed by atoms with Gasteiger partial charge < -0.3 is 14.6 Å². The van der Waals surface area contributed by atoms with Crippen LogP contribution in [-0.4, -0.2) is 22.1 Å². The van der Waals surface area contributed by atoms with Crippen LogP contribution < -0.4 is 15.6 Å². The Morgan fingerprint density at radius 3 is 2.77 bits per heavy atom. The second-order valence-electron chi connectivity index (χ2n) is 7.57. The van der Waals surface area contributed by atoms with Gasteiger partial charge in [-0.15, -0.1) is 0 Å². The minimum atomic E-state index is -0.395. The Hall–Kier alpha value is -3.06. The highest BCUT2D eigenvalue weighted by atomic mass is 32.2. The van der Waals surface area contributed by atoms with Gasteiger partial charge >= 0.3 is 0 Å². The molecule has 1 unspecified atom stereocenters. The van der Waals surface area contributed by atoms with E-state index in [1.807, 2.05) is 48.9 Å². The molecule has 160 valence electrons. The van der Waals surface area contributed by atoms with Gasteiger partial charge in [0.25, 0.3) is 5.56 Å². The van der Waals surface area contributed by atoms with Crippen molar-refractivity contribution in [1.29, 1.82) is 0 Å². The Morgan fingerprint density at radius 1 is 1.19 bits per heavy atom. The lowest BCUT2D eigenvalue weighted by atomic mass is 9.86. The minimum absolute atomic E-state index is 0.125. The molecule has 2 aromatic carbocycles. The Bertz CT molecular complexity index is 1190. The number of anilines is 1. The number of benzene rings is 2. The van der Waals surface area contributed by atoms with E-state index in [1.165, 1.54) is 17.3 Å². The van der Waals surface area contributed by atoms with Crippen LogP contribution in [0.5, 0.6) is 5.75 Å². The van der Waals surface area contributed by atoms with Crippen LogP contribution in [0.25, 0.3) is 0 Å². The van der Waals surface area contributed by atoms with Crippen LogP contribution in [0.3, 0.4) is 0 Å². The third-order valence-electron chi connectivity index (χ3n) is 5.35. The average molecular weight is 436 g/mol. The molecule has 0 aliphatic carbocycles. The fourth-order valence-corrected chi connectivity index (χ4v) is 4.84. The van der Waals surface area contributed by atoms with Crippen molar-refractivity contribution in [3.63, 3.8) is 0 Å². The fraction of sp³-hybridized carbons (Fsp3) is 0.292. The number of amides is 1. The molecule has 3 aromatic rings. The summed E-state index contributed by atoms with van der Waals surface area (Å²) >= 11 is 1.48. The van der Waals surface area contributed by atoms with E-state index in [1.54, 1.807) is 0 Å². The molecule has 31 heavy (non-hydrogen) atoms. The molecule has 4 rings (SSSR count). The van der Waals surface area contributed by atoms with E-state index in [0.29, 0.717) is 34.6 Å². The Morgan fingerprint density at radius 2 is 2.00 bits per heavy atom. The van der Waals surface area contributed by atoms with Gasteiger partial charge in [-0.25, -0.2) is 0 Å². The SMILES string of the molecule is CCOc1ccccc1C1CC(=O)Nc2c1c(=O)nc(SCc1cccc(C)c1)n2C. The van der Waals surface area contributed by atoms with Crippen molar-refractivity contribution in [1.82, 2.24) is 9.55 Å². The molecule has 0 spiro atoms. The number of thioether (sulfide) groups is 1. The van der Waals surface area contributed by atoms with E-state index in [4.69, 9.17) is 4.74 Å². The smallest absolute Gasteiger partial charge is 0.279 e. The zero-order valence-corrected chi connectivity index (χ0v) is 18.7. The Kier molecular flexibility index (Phi) is 6.13. The lowest BCUT2D eigenvalue weighted by Gasteiger charge is -2.28. The van der Waals surface area contributed by atoms with Crippen molar-refractivity contribution in [3.8, 4) is 5.75 Å². The van der Waals surface area contributed by atoms with Gasteiger partial charge in [-0.05, 0) is 25.5 Å². The summed E-state index contributed by atoms with van der Waals surface area (Å²) in [5, 5.41) is 3.47. The fourth-order valence-electron chi connectivity index (χ4n) is 3.94. The van der Waals surface area contributed by atoms with E-state index in [9.17, 15) is 9.59 Å². The lowest BCUT2D eigenvalue weighted by Crippen LogP contribution is -2.33. The van der Waals surface area contributed by atoms with Crippen molar-refractivity contribution in [2.75, 3.05) is 11.9 Å². The maximum atomic E-state index is 13.1. The predicted octanol–water partition coefficient (Wildman–Crippen LogP) is 4.25. The van der Waals surface area contributed by atoms with Gasteiger partial charge in [0.05, 0.1) is 12.2 Å². The first-order valence-corrected chi connectivity index (χ1v) is 11.3. The standard InChI is InChI=1S/C24H25N3O3S/c1-4-30-19-11-6-5-10-17(19)18-13-20(28)25-22-21(18)23(29)26-24(27(22)3)31-14-16-9-7-8-15(2)12-16/h5-12,18H,4,13-14H2,1-3H3,(H,25,28). The average Bonchev–Trinajstić information content (AvgIpc) is 2.75. The van der Waals surface area contributed by atoms with Gasteiger partial charge in [0, 0.05) is 30.7 Å². The molecular formula is C24H25N3O3S. The summed E-state index contributed by atoms with van der Waals surface area (Å²) in [4.78, 5) is 30.1.